The average molecular weight is 264 g/mol. The number of hydrogen-bond acceptors (Lipinski definition) is 3. The summed E-state index contributed by atoms with van der Waals surface area (Å²) in [5.74, 6) is 1.68. The number of nitrogens with zero attached hydrogens (tertiary/aromatic N) is 2. The van der Waals surface area contributed by atoms with Crippen molar-refractivity contribution >= 4 is 27.9 Å². The lowest BCUT2D eigenvalue weighted by Crippen LogP contribution is -3.00. The first-order valence-corrected chi connectivity index (χ1v) is 5.78. The van der Waals surface area contributed by atoms with Gasteiger partial charge in [-0.25, -0.2) is 4.98 Å². The lowest BCUT2D eigenvalue weighted by molar-refractivity contribution is -0.570. The summed E-state index contributed by atoms with van der Waals surface area (Å²) >= 11 is 0. The van der Waals surface area contributed by atoms with Crippen LogP contribution in [0.15, 0.2) is 28.7 Å². The van der Waals surface area contributed by atoms with Crippen molar-refractivity contribution in [1.29, 1.82) is 0 Å². The second kappa shape index (κ2) is 4.92. The minimum absolute atomic E-state index is 0. The summed E-state index contributed by atoms with van der Waals surface area (Å²) in [5, 5.41) is 3.12. The summed E-state index contributed by atoms with van der Waals surface area (Å²) in [6, 6.07) is 7.96. The number of benzene rings is 1. The third kappa shape index (κ3) is 1.94. The average Bonchev–Trinajstić information content (AvgIpc) is 2.69. The number of nitrogens with two attached hydrogens (primary N) is 1. The quantitative estimate of drug-likeness (QED) is 0.639. The van der Waals surface area contributed by atoms with E-state index in [4.69, 9.17) is 4.42 Å². The highest BCUT2D eigenvalue weighted by Crippen LogP contribution is 2.29. The highest BCUT2D eigenvalue weighted by molar-refractivity contribution is 6.04. The molecule has 94 valence electrons. The number of quaternary nitrogens is 1. The molecule has 0 aliphatic rings. The molecule has 3 aromatic rings. The number of rotatable bonds is 2. The van der Waals surface area contributed by atoms with Crippen molar-refractivity contribution in [3.8, 4) is 0 Å². The van der Waals surface area contributed by atoms with Gasteiger partial charge in [0.25, 0.3) is 5.82 Å². The molecule has 0 radical (unpaired) electrons. The molecule has 1 aromatic carbocycles. The Morgan fingerprint density at radius 1 is 1.22 bits per heavy atom. The van der Waals surface area contributed by atoms with Crippen LogP contribution in [0.25, 0.3) is 22.1 Å². The fourth-order valence-electron chi connectivity index (χ4n) is 2.06. The summed E-state index contributed by atoms with van der Waals surface area (Å²) in [5.41, 5.74) is 2.57. The highest BCUT2D eigenvalue weighted by atomic mass is 35.5. The van der Waals surface area contributed by atoms with Crippen molar-refractivity contribution in [3.05, 3.63) is 30.1 Å². The maximum Gasteiger partial charge on any atom is 0.271 e. The van der Waals surface area contributed by atoms with Gasteiger partial charge in [0.2, 0.25) is 5.58 Å². The van der Waals surface area contributed by atoms with Gasteiger partial charge >= 0.3 is 0 Å². The number of aromatic nitrogens is 2. The molecule has 2 heterocycles. The van der Waals surface area contributed by atoms with E-state index in [0.717, 1.165) is 40.3 Å². The molecule has 0 saturated heterocycles. The zero-order valence-corrected chi connectivity index (χ0v) is 11.0. The van der Waals surface area contributed by atoms with E-state index < -0.39 is 0 Å². The molecular formula is C13H14ClN3O. The molecule has 0 fully saturated rings. The molecule has 3 rings (SSSR count). The number of halogens is 1. The first-order chi connectivity index (χ1) is 8.29. The van der Waals surface area contributed by atoms with Gasteiger partial charge in [-0.15, -0.1) is 0 Å². The Morgan fingerprint density at radius 3 is 2.78 bits per heavy atom. The lowest BCUT2D eigenvalue weighted by atomic mass is 10.2. The molecule has 0 aliphatic carbocycles. The second-order valence-corrected chi connectivity index (χ2v) is 4.04. The van der Waals surface area contributed by atoms with Crippen molar-refractivity contribution < 1.29 is 22.1 Å². The van der Waals surface area contributed by atoms with E-state index in [1.165, 1.54) is 0 Å². The first kappa shape index (κ1) is 12.8. The third-order valence-corrected chi connectivity index (χ3v) is 2.76. The number of aryl methyl sites for hydroxylation is 1. The van der Waals surface area contributed by atoms with Crippen LogP contribution in [0.4, 0.5) is 5.82 Å². The molecule has 5 heteroatoms. The molecule has 0 aliphatic heterocycles. The minimum atomic E-state index is 0. The maximum atomic E-state index is 5.83. The molecule has 0 spiro atoms. The Balaban J connectivity index is 0.00000120. The number of hydrogen-bond donors (Lipinski definition) is 1. The van der Waals surface area contributed by atoms with Gasteiger partial charge in [0.1, 0.15) is 16.9 Å². The van der Waals surface area contributed by atoms with Crippen LogP contribution in [0.3, 0.4) is 0 Å². The van der Waals surface area contributed by atoms with Crippen molar-refractivity contribution in [3.63, 3.8) is 0 Å². The third-order valence-electron chi connectivity index (χ3n) is 2.76. The van der Waals surface area contributed by atoms with E-state index in [9.17, 15) is 0 Å². The van der Waals surface area contributed by atoms with Crippen LogP contribution >= 0.6 is 0 Å². The molecule has 2 aromatic heterocycles. The van der Waals surface area contributed by atoms with Gasteiger partial charge in [-0.1, -0.05) is 12.1 Å². The van der Waals surface area contributed by atoms with Crippen LogP contribution in [-0.4, -0.2) is 16.5 Å². The van der Waals surface area contributed by atoms with Crippen LogP contribution in [0.1, 0.15) is 12.7 Å². The summed E-state index contributed by atoms with van der Waals surface area (Å²) in [6.45, 7) is 4.93. The van der Waals surface area contributed by atoms with Gasteiger partial charge in [-0.05, 0) is 26.0 Å². The van der Waals surface area contributed by atoms with E-state index in [1.807, 2.05) is 31.2 Å². The Labute approximate surface area is 111 Å². The van der Waals surface area contributed by atoms with Gasteiger partial charge in [-0.2, -0.15) is 4.98 Å². The maximum absolute atomic E-state index is 5.83. The molecule has 4 nitrogen and oxygen atoms in total. The van der Waals surface area contributed by atoms with Crippen molar-refractivity contribution in [1.82, 2.24) is 9.97 Å². The van der Waals surface area contributed by atoms with Crippen molar-refractivity contribution in [2.24, 2.45) is 0 Å². The molecule has 2 N–H and O–H groups in total. The largest absolute Gasteiger partial charge is 1.00 e. The van der Waals surface area contributed by atoms with Gasteiger partial charge in [0.05, 0.1) is 6.54 Å². The summed E-state index contributed by atoms with van der Waals surface area (Å²) in [4.78, 5) is 8.91. The van der Waals surface area contributed by atoms with E-state index in [0.29, 0.717) is 0 Å². The van der Waals surface area contributed by atoms with Crippen LogP contribution in [0.5, 0.6) is 0 Å². The van der Waals surface area contributed by atoms with E-state index in [-0.39, 0.29) is 12.4 Å². The standard InChI is InChI=1S/C13H13N3O.ClH/c1-3-14-13-12-11(15-8(2)16-13)9-6-4-5-7-10(9)17-12;/h4-7H,3H2,1-2H3,(H,14,15,16);1H. The molecule has 0 amide bonds. The Morgan fingerprint density at radius 2 is 2.00 bits per heavy atom. The second-order valence-electron chi connectivity index (χ2n) is 4.04. The van der Waals surface area contributed by atoms with E-state index in [1.54, 1.807) is 0 Å². The Kier molecular flexibility index (Phi) is 3.50. The molecule has 0 saturated carbocycles. The Hall–Kier alpha value is -1.65. The molecule has 0 unspecified atom stereocenters. The SMILES string of the molecule is CC[NH2+]c1nc(C)nc2c1oc1ccccc12.[Cl-]. The van der Waals surface area contributed by atoms with Gasteiger partial charge in [-0.3, -0.25) is 5.32 Å². The van der Waals surface area contributed by atoms with E-state index in [2.05, 4.69) is 22.2 Å². The topological polar surface area (TPSA) is 55.5 Å². The normalized spacial score (nSPS) is 10.8. The van der Waals surface area contributed by atoms with Crippen LogP contribution < -0.4 is 17.7 Å². The number of fused-ring (bicyclic) bond motifs is 3. The minimum Gasteiger partial charge on any atom is -1.00 e. The molecule has 0 atom stereocenters. The van der Waals surface area contributed by atoms with Crippen LogP contribution in [0.2, 0.25) is 0 Å². The van der Waals surface area contributed by atoms with Crippen LogP contribution in [0, 0.1) is 6.92 Å². The number of para-hydroxylation sites is 1. The monoisotopic (exact) mass is 263 g/mol. The van der Waals surface area contributed by atoms with Crippen molar-refractivity contribution in [2.75, 3.05) is 6.54 Å². The zero-order valence-electron chi connectivity index (χ0n) is 10.3. The summed E-state index contributed by atoms with van der Waals surface area (Å²) in [7, 11) is 0. The molecule has 0 bridgehead atoms. The highest BCUT2D eigenvalue weighted by Gasteiger charge is 2.16. The van der Waals surface area contributed by atoms with E-state index >= 15 is 0 Å². The fourth-order valence-corrected chi connectivity index (χ4v) is 2.06. The van der Waals surface area contributed by atoms with Crippen molar-refractivity contribution in [2.45, 2.75) is 13.8 Å². The Bertz CT molecular complexity index is 693. The fraction of sp³-hybridized carbons (Fsp3) is 0.231. The van der Waals surface area contributed by atoms with Gasteiger partial charge in [0, 0.05) is 5.39 Å². The van der Waals surface area contributed by atoms with Crippen LogP contribution in [-0.2, 0) is 0 Å². The lowest BCUT2D eigenvalue weighted by Gasteiger charge is -1.98. The first-order valence-electron chi connectivity index (χ1n) is 5.78. The van der Waals surface area contributed by atoms with Gasteiger partial charge in [0.15, 0.2) is 0 Å². The smallest absolute Gasteiger partial charge is 0.271 e. The molecular weight excluding hydrogens is 250 g/mol. The van der Waals surface area contributed by atoms with Gasteiger partial charge < -0.3 is 16.8 Å². The predicted octanol–water partition coefficient (Wildman–Crippen LogP) is -1.10. The number of furan rings is 1. The zero-order chi connectivity index (χ0) is 11.8. The molecule has 18 heavy (non-hydrogen) atoms. The summed E-state index contributed by atoms with van der Waals surface area (Å²) in [6.07, 6.45) is 0. The predicted molar refractivity (Wildman–Crippen MR) is 66.2 cm³/mol. The summed E-state index contributed by atoms with van der Waals surface area (Å²) < 4.78 is 5.83.